The second kappa shape index (κ2) is 8.89. The molecule has 1 aromatic rings. The molecule has 1 aromatic carbocycles. The quantitative estimate of drug-likeness (QED) is 0.221. The average Bonchev–Trinajstić information content (AvgIpc) is 2.42. The summed E-state index contributed by atoms with van der Waals surface area (Å²) < 4.78 is 5.10. The van der Waals surface area contributed by atoms with Crippen molar-refractivity contribution in [1.29, 1.82) is 0 Å². The third-order valence-corrected chi connectivity index (χ3v) is 2.62. The Hall–Kier alpha value is -2.18. The fourth-order valence-corrected chi connectivity index (χ4v) is 1.59. The van der Waals surface area contributed by atoms with Crippen LogP contribution in [0.15, 0.2) is 30.3 Å². The number of carboxylic acid groups (broad SMARTS) is 1. The van der Waals surface area contributed by atoms with Crippen LogP contribution in [0.4, 0.5) is 0 Å². The molecule has 6 heteroatoms. The van der Waals surface area contributed by atoms with E-state index in [1.54, 1.807) is 24.3 Å². The summed E-state index contributed by atoms with van der Waals surface area (Å²) in [6.45, 7) is 0. The summed E-state index contributed by atoms with van der Waals surface area (Å²) in [6.07, 6.45) is 2.62. The van der Waals surface area contributed by atoms with Crippen molar-refractivity contribution in [1.82, 2.24) is 0 Å². The number of carbonyl (C=O) groups is 2. The Morgan fingerprint density at radius 2 is 1.81 bits per heavy atom. The van der Waals surface area contributed by atoms with Crippen LogP contribution in [0.3, 0.4) is 0 Å². The minimum Gasteiger partial charge on any atom is -0.478 e. The van der Waals surface area contributed by atoms with Crippen molar-refractivity contribution in [2.75, 3.05) is 0 Å². The molecular weight excluding hydrogens is 276 g/mol. The summed E-state index contributed by atoms with van der Waals surface area (Å²) in [6, 6.07) is 6.45. The zero-order valence-corrected chi connectivity index (χ0v) is 11.4. The van der Waals surface area contributed by atoms with Crippen molar-refractivity contribution in [3.05, 3.63) is 35.9 Å². The van der Waals surface area contributed by atoms with Gasteiger partial charge in [-0.15, -0.1) is 0 Å². The Labute approximate surface area is 122 Å². The molecule has 0 saturated carbocycles. The molecule has 114 valence electrons. The molecule has 0 atom stereocenters. The number of hydrogen-bond donors (Lipinski definition) is 3. The third-order valence-electron chi connectivity index (χ3n) is 2.62. The minimum absolute atomic E-state index is 0.202. The molecule has 0 amide bonds. The number of unbranched alkanes of at least 4 members (excludes halogenated alkanes) is 1. The SMILES string of the molecule is O=C(O)/C=C/c1ccc(OC(=O)CCCCC(O)O)cc1. The lowest BCUT2D eigenvalue weighted by atomic mass is 10.2. The van der Waals surface area contributed by atoms with Crippen molar-refractivity contribution in [3.8, 4) is 5.75 Å². The van der Waals surface area contributed by atoms with E-state index in [1.165, 1.54) is 6.08 Å². The summed E-state index contributed by atoms with van der Waals surface area (Å²) in [5.41, 5.74) is 0.689. The van der Waals surface area contributed by atoms with Crippen molar-refractivity contribution in [2.24, 2.45) is 0 Å². The number of carboxylic acids is 1. The largest absolute Gasteiger partial charge is 0.478 e. The Bertz CT molecular complexity index is 489. The number of rotatable bonds is 8. The Balaban J connectivity index is 2.37. The first-order valence-electron chi connectivity index (χ1n) is 6.55. The molecule has 0 aliphatic heterocycles. The maximum absolute atomic E-state index is 11.5. The van der Waals surface area contributed by atoms with E-state index in [9.17, 15) is 9.59 Å². The second-order valence-electron chi connectivity index (χ2n) is 4.44. The van der Waals surface area contributed by atoms with Crippen molar-refractivity contribution < 1.29 is 29.6 Å². The van der Waals surface area contributed by atoms with E-state index >= 15 is 0 Å². The maximum atomic E-state index is 11.5. The Morgan fingerprint density at radius 3 is 2.38 bits per heavy atom. The molecule has 0 aromatic heterocycles. The van der Waals surface area contributed by atoms with Crippen molar-refractivity contribution in [3.63, 3.8) is 0 Å². The monoisotopic (exact) mass is 294 g/mol. The summed E-state index contributed by atoms with van der Waals surface area (Å²) in [7, 11) is 0. The van der Waals surface area contributed by atoms with Gasteiger partial charge in [0, 0.05) is 12.5 Å². The minimum atomic E-state index is -1.34. The highest BCUT2D eigenvalue weighted by atomic mass is 16.5. The number of hydrogen-bond acceptors (Lipinski definition) is 5. The maximum Gasteiger partial charge on any atom is 0.328 e. The van der Waals surface area contributed by atoms with Crippen LogP contribution in [-0.4, -0.2) is 33.5 Å². The van der Waals surface area contributed by atoms with Crippen LogP contribution in [0.1, 0.15) is 31.2 Å². The van der Waals surface area contributed by atoms with Gasteiger partial charge in [-0.2, -0.15) is 0 Å². The fourth-order valence-electron chi connectivity index (χ4n) is 1.59. The molecule has 0 spiro atoms. The molecule has 0 bridgehead atoms. The summed E-state index contributed by atoms with van der Waals surface area (Å²) in [4.78, 5) is 21.9. The number of aliphatic hydroxyl groups excluding tert-OH is 1. The van der Waals surface area contributed by atoms with Crippen LogP contribution in [-0.2, 0) is 9.59 Å². The molecule has 0 saturated heterocycles. The number of esters is 1. The lowest BCUT2D eigenvalue weighted by molar-refractivity contribution is -0.134. The van der Waals surface area contributed by atoms with Crippen LogP contribution >= 0.6 is 0 Å². The van der Waals surface area contributed by atoms with E-state index < -0.39 is 18.2 Å². The van der Waals surface area contributed by atoms with Crippen LogP contribution in [0, 0.1) is 0 Å². The molecule has 21 heavy (non-hydrogen) atoms. The number of ether oxygens (including phenoxy) is 1. The zero-order valence-electron chi connectivity index (χ0n) is 11.4. The van der Waals surface area contributed by atoms with E-state index in [1.807, 2.05) is 0 Å². The van der Waals surface area contributed by atoms with Gasteiger partial charge in [0.2, 0.25) is 0 Å². The van der Waals surface area contributed by atoms with E-state index in [2.05, 4.69) is 0 Å². The van der Waals surface area contributed by atoms with Crippen LogP contribution in [0.2, 0.25) is 0 Å². The van der Waals surface area contributed by atoms with Gasteiger partial charge in [0.15, 0.2) is 6.29 Å². The van der Waals surface area contributed by atoms with Gasteiger partial charge in [0.25, 0.3) is 0 Å². The van der Waals surface area contributed by atoms with E-state index in [0.29, 0.717) is 24.2 Å². The third kappa shape index (κ3) is 7.86. The Kier molecular flexibility index (Phi) is 7.14. The van der Waals surface area contributed by atoms with Gasteiger partial charge in [-0.25, -0.2) is 4.79 Å². The van der Waals surface area contributed by atoms with Gasteiger partial charge in [-0.1, -0.05) is 12.1 Å². The van der Waals surface area contributed by atoms with Crippen LogP contribution in [0.25, 0.3) is 6.08 Å². The average molecular weight is 294 g/mol. The predicted octanol–water partition coefficient (Wildman–Crippen LogP) is 1.56. The van der Waals surface area contributed by atoms with E-state index in [-0.39, 0.29) is 12.8 Å². The summed E-state index contributed by atoms with van der Waals surface area (Å²) >= 11 is 0. The first kappa shape index (κ1) is 16.9. The fraction of sp³-hybridized carbons (Fsp3) is 0.333. The lowest BCUT2D eigenvalue weighted by Crippen LogP contribution is -2.08. The van der Waals surface area contributed by atoms with E-state index in [0.717, 1.165) is 6.08 Å². The number of aliphatic carboxylic acids is 1. The molecule has 1 rings (SSSR count). The van der Waals surface area contributed by atoms with Crippen molar-refractivity contribution >= 4 is 18.0 Å². The topological polar surface area (TPSA) is 104 Å². The Morgan fingerprint density at radius 1 is 1.14 bits per heavy atom. The van der Waals surface area contributed by atoms with E-state index in [4.69, 9.17) is 20.1 Å². The molecular formula is C15H18O6. The zero-order chi connectivity index (χ0) is 15.7. The molecule has 6 nitrogen and oxygen atoms in total. The van der Waals surface area contributed by atoms with Gasteiger partial charge >= 0.3 is 11.9 Å². The molecule has 0 unspecified atom stereocenters. The first-order valence-corrected chi connectivity index (χ1v) is 6.55. The van der Waals surface area contributed by atoms with Crippen molar-refractivity contribution in [2.45, 2.75) is 32.0 Å². The van der Waals surface area contributed by atoms with Crippen LogP contribution < -0.4 is 4.74 Å². The molecule has 0 fully saturated rings. The highest BCUT2D eigenvalue weighted by Gasteiger charge is 2.05. The van der Waals surface area contributed by atoms with Gasteiger partial charge < -0.3 is 20.1 Å². The molecule has 0 heterocycles. The van der Waals surface area contributed by atoms with Gasteiger partial charge in [0.1, 0.15) is 5.75 Å². The molecule has 0 aliphatic carbocycles. The highest BCUT2D eigenvalue weighted by molar-refractivity contribution is 5.85. The molecule has 0 aliphatic rings. The first-order chi connectivity index (χ1) is 9.97. The second-order valence-corrected chi connectivity index (χ2v) is 4.44. The normalized spacial score (nSPS) is 11.0. The van der Waals surface area contributed by atoms with Gasteiger partial charge in [-0.05, 0) is 43.0 Å². The predicted molar refractivity (Wildman–Crippen MR) is 75.4 cm³/mol. The number of carbonyl (C=O) groups excluding carboxylic acids is 1. The number of benzene rings is 1. The highest BCUT2D eigenvalue weighted by Crippen LogP contribution is 2.14. The molecule has 3 N–H and O–H groups in total. The number of aliphatic hydroxyl groups is 2. The smallest absolute Gasteiger partial charge is 0.328 e. The summed E-state index contributed by atoms with van der Waals surface area (Å²) in [5.74, 6) is -1.04. The summed E-state index contributed by atoms with van der Waals surface area (Å²) in [5, 5.41) is 25.8. The molecule has 0 radical (unpaired) electrons. The van der Waals surface area contributed by atoms with Crippen LogP contribution in [0.5, 0.6) is 5.75 Å². The van der Waals surface area contributed by atoms with Gasteiger partial charge in [-0.3, -0.25) is 4.79 Å². The lowest BCUT2D eigenvalue weighted by Gasteiger charge is -2.05. The van der Waals surface area contributed by atoms with Gasteiger partial charge in [0.05, 0.1) is 0 Å². The standard InChI is InChI=1S/C15H18O6/c16-13(17)3-1-2-4-15(20)21-12-8-5-11(6-9-12)7-10-14(18)19/h5-10,13,16-17H,1-4H2,(H,18,19)/b10-7+.